The summed E-state index contributed by atoms with van der Waals surface area (Å²) in [6.07, 6.45) is 3.64. The molecule has 1 N–H and O–H groups in total. The molecule has 0 bridgehead atoms. The highest BCUT2D eigenvalue weighted by Crippen LogP contribution is 2.19. The molecule has 1 unspecified atom stereocenters. The zero-order chi connectivity index (χ0) is 14.4. The quantitative estimate of drug-likeness (QED) is 0.746. The second-order valence-electron chi connectivity index (χ2n) is 4.76. The number of halogens is 1. The van der Waals surface area contributed by atoms with Gasteiger partial charge in [0.1, 0.15) is 12.2 Å². The highest BCUT2D eigenvalue weighted by Gasteiger charge is 2.15. The van der Waals surface area contributed by atoms with Gasteiger partial charge in [0.05, 0.1) is 0 Å². The number of nitrogens with one attached hydrogen (secondary N) is 1. The molecule has 0 aliphatic heterocycles. The first kappa shape index (κ1) is 15.4. The molecule has 4 nitrogen and oxygen atoms in total. The molecule has 5 heteroatoms. The smallest absolute Gasteiger partial charge is 0.138 e. The summed E-state index contributed by atoms with van der Waals surface area (Å²) in [6, 6.07) is 8.94. The van der Waals surface area contributed by atoms with Crippen molar-refractivity contribution >= 4 is 22.6 Å². The van der Waals surface area contributed by atoms with Gasteiger partial charge in [-0.15, -0.1) is 0 Å². The molecule has 2 aromatic rings. The van der Waals surface area contributed by atoms with Crippen LogP contribution in [-0.4, -0.2) is 21.3 Å². The van der Waals surface area contributed by atoms with Crippen molar-refractivity contribution in [1.29, 1.82) is 0 Å². The topological polar surface area (TPSA) is 42.7 Å². The maximum atomic E-state index is 4.39. The Morgan fingerprint density at radius 1 is 1.35 bits per heavy atom. The third kappa shape index (κ3) is 4.02. The molecule has 1 aromatic carbocycles. The molecule has 20 heavy (non-hydrogen) atoms. The molecular formula is C15H21IN4. The van der Waals surface area contributed by atoms with E-state index in [1.54, 1.807) is 6.33 Å². The number of rotatable bonds is 7. The number of benzene rings is 1. The Balaban J connectivity index is 2.19. The van der Waals surface area contributed by atoms with Gasteiger partial charge >= 0.3 is 0 Å². The summed E-state index contributed by atoms with van der Waals surface area (Å²) in [7, 11) is 0. The largest absolute Gasteiger partial charge is 0.310 e. The van der Waals surface area contributed by atoms with E-state index in [9.17, 15) is 0 Å². The van der Waals surface area contributed by atoms with Gasteiger partial charge in [-0.25, -0.2) is 4.98 Å². The number of aromatic nitrogens is 3. The SMILES string of the molecule is CCCNC(Cc1ncnn1CC)c1cccc(I)c1. The first-order valence-corrected chi connectivity index (χ1v) is 8.18. The van der Waals surface area contributed by atoms with E-state index in [4.69, 9.17) is 0 Å². The molecular weight excluding hydrogens is 363 g/mol. The highest BCUT2D eigenvalue weighted by atomic mass is 127. The third-order valence-corrected chi connectivity index (χ3v) is 3.94. The summed E-state index contributed by atoms with van der Waals surface area (Å²) in [4.78, 5) is 4.39. The van der Waals surface area contributed by atoms with Gasteiger partial charge < -0.3 is 5.32 Å². The molecule has 0 fully saturated rings. The standard InChI is InChI=1S/C15H21IN4/c1-3-8-17-14(12-6-5-7-13(16)9-12)10-15-18-11-19-20(15)4-2/h5-7,9,11,14,17H,3-4,8,10H2,1-2H3. The van der Waals surface area contributed by atoms with Gasteiger partial charge in [-0.1, -0.05) is 19.1 Å². The molecule has 2 rings (SSSR count). The van der Waals surface area contributed by atoms with E-state index >= 15 is 0 Å². The fourth-order valence-corrected chi connectivity index (χ4v) is 2.81. The minimum Gasteiger partial charge on any atom is -0.310 e. The monoisotopic (exact) mass is 384 g/mol. The second-order valence-corrected chi connectivity index (χ2v) is 6.00. The van der Waals surface area contributed by atoms with Crippen LogP contribution in [0.2, 0.25) is 0 Å². The van der Waals surface area contributed by atoms with E-state index in [2.05, 4.69) is 76.1 Å². The van der Waals surface area contributed by atoms with Gasteiger partial charge in [-0.05, 0) is 60.2 Å². The average Bonchev–Trinajstić information content (AvgIpc) is 2.90. The molecule has 0 spiro atoms. The first-order chi connectivity index (χ1) is 9.74. The lowest BCUT2D eigenvalue weighted by Crippen LogP contribution is -2.25. The lowest BCUT2D eigenvalue weighted by molar-refractivity contribution is 0.496. The van der Waals surface area contributed by atoms with Crippen molar-refractivity contribution in [2.75, 3.05) is 6.54 Å². The zero-order valence-corrected chi connectivity index (χ0v) is 14.2. The molecule has 0 aliphatic carbocycles. The van der Waals surface area contributed by atoms with Crippen molar-refractivity contribution < 1.29 is 0 Å². The van der Waals surface area contributed by atoms with Gasteiger partial charge in [-0.2, -0.15) is 5.10 Å². The zero-order valence-electron chi connectivity index (χ0n) is 12.0. The van der Waals surface area contributed by atoms with Crippen LogP contribution in [-0.2, 0) is 13.0 Å². The van der Waals surface area contributed by atoms with Crippen LogP contribution in [0, 0.1) is 3.57 Å². The molecule has 1 heterocycles. The van der Waals surface area contributed by atoms with Gasteiger partial charge in [0.15, 0.2) is 0 Å². The number of hydrogen-bond acceptors (Lipinski definition) is 3. The van der Waals surface area contributed by atoms with Crippen molar-refractivity contribution in [3.8, 4) is 0 Å². The van der Waals surface area contributed by atoms with Gasteiger partial charge in [0.2, 0.25) is 0 Å². The minimum absolute atomic E-state index is 0.291. The average molecular weight is 384 g/mol. The Hall–Kier alpha value is -0.950. The molecule has 0 saturated carbocycles. The van der Waals surface area contributed by atoms with Gasteiger partial charge in [0, 0.05) is 22.6 Å². The Morgan fingerprint density at radius 3 is 2.90 bits per heavy atom. The van der Waals surface area contributed by atoms with Crippen LogP contribution in [0.15, 0.2) is 30.6 Å². The number of aryl methyl sites for hydroxylation is 1. The fourth-order valence-electron chi connectivity index (χ4n) is 2.24. The van der Waals surface area contributed by atoms with Crippen LogP contribution in [0.25, 0.3) is 0 Å². The van der Waals surface area contributed by atoms with Crippen LogP contribution < -0.4 is 5.32 Å². The van der Waals surface area contributed by atoms with Crippen LogP contribution in [0.4, 0.5) is 0 Å². The molecule has 108 valence electrons. The number of hydrogen-bond donors (Lipinski definition) is 1. The summed E-state index contributed by atoms with van der Waals surface area (Å²) in [6.45, 7) is 6.16. The van der Waals surface area contributed by atoms with Crippen LogP contribution in [0.3, 0.4) is 0 Å². The Labute approximate surface area is 134 Å². The fraction of sp³-hybridized carbons (Fsp3) is 0.467. The molecule has 1 atom stereocenters. The van der Waals surface area contributed by atoms with Gasteiger partial charge in [0.25, 0.3) is 0 Å². The lowest BCUT2D eigenvalue weighted by atomic mass is 10.0. The van der Waals surface area contributed by atoms with Crippen LogP contribution >= 0.6 is 22.6 Å². The summed E-state index contributed by atoms with van der Waals surface area (Å²) in [5.41, 5.74) is 1.32. The lowest BCUT2D eigenvalue weighted by Gasteiger charge is -2.19. The van der Waals surface area contributed by atoms with Crippen molar-refractivity contribution in [2.24, 2.45) is 0 Å². The summed E-state index contributed by atoms with van der Waals surface area (Å²) < 4.78 is 3.23. The summed E-state index contributed by atoms with van der Waals surface area (Å²) in [5, 5.41) is 7.87. The predicted molar refractivity (Wildman–Crippen MR) is 89.6 cm³/mol. The van der Waals surface area contributed by atoms with Gasteiger partial charge in [-0.3, -0.25) is 4.68 Å². The van der Waals surface area contributed by atoms with Crippen molar-refractivity contribution in [1.82, 2.24) is 20.1 Å². The van der Waals surface area contributed by atoms with E-state index in [1.165, 1.54) is 9.13 Å². The minimum atomic E-state index is 0.291. The summed E-state index contributed by atoms with van der Waals surface area (Å²) in [5.74, 6) is 1.04. The van der Waals surface area contributed by atoms with Crippen molar-refractivity contribution in [3.05, 3.63) is 45.6 Å². The highest BCUT2D eigenvalue weighted by molar-refractivity contribution is 14.1. The second kappa shape index (κ2) is 7.73. The van der Waals surface area contributed by atoms with Crippen LogP contribution in [0.5, 0.6) is 0 Å². The molecule has 0 radical (unpaired) electrons. The van der Waals surface area contributed by atoms with E-state index in [1.807, 2.05) is 4.68 Å². The first-order valence-electron chi connectivity index (χ1n) is 7.10. The maximum Gasteiger partial charge on any atom is 0.138 e. The molecule has 0 amide bonds. The van der Waals surface area contributed by atoms with E-state index in [-0.39, 0.29) is 0 Å². The maximum absolute atomic E-state index is 4.39. The molecule has 1 aromatic heterocycles. The Bertz CT molecular complexity index is 538. The van der Waals surface area contributed by atoms with E-state index in [0.29, 0.717) is 6.04 Å². The summed E-state index contributed by atoms with van der Waals surface area (Å²) >= 11 is 2.36. The van der Waals surface area contributed by atoms with Crippen molar-refractivity contribution in [2.45, 2.75) is 39.3 Å². The normalized spacial score (nSPS) is 12.6. The Kier molecular flexibility index (Phi) is 5.97. The van der Waals surface area contributed by atoms with Crippen molar-refractivity contribution in [3.63, 3.8) is 0 Å². The van der Waals surface area contributed by atoms with E-state index in [0.717, 1.165) is 31.8 Å². The molecule has 0 aliphatic rings. The van der Waals surface area contributed by atoms with E-state index < -0.39 is 0 Å². The Morgan fingerprint density at radius 2 is 2.20 bits per heavy atom. The number of nitrogens with zero attached hydrogens (tertiary/aromatic N) is 3. The van der Waals surface area contributed by atoms with Crippen LogP contribution in [0.1, 0.15) is 37.7 Å². The molecule has 0 saturated heterocycles. The third-order valence-electron chi connectivity index (χ3n) is 3.27. The predicted octanol–water partition coefficient (Wildman–Crippen LogP) is 3.19.